The Hall–Kier alpha value is -2.01. The molecule has 1 aliphatic rings. The van der Waals surface area contributed by atoms with Gasteiger partial charge in [0.2, 0.25) is 0 Å². The maximum Gasteiger partial charge on any atom is 0.506 e. The summed E-state index contributed by atoms with van der Waals surface area (Å²) in [7, 11) is 0. The fourth-order valence-electron chi connectivity index (χ4n) is 4.15. The molecule has 1 unspecified atom stereocenters. The van der Waals surface area contributed by atoms with Crippen LogP contribution in [0.25, 0.3) is 0 Å². The first kappa shape index (κ1) is 19.7. The van der Waals surface area contributed by atoms with Crippen molar-refractivity contribution in [3.05, 3.63) is 51.7 Å². The van der Waals surface area contributed by atoms with E-state index in [0.717, 1.165) is 50.8 Å². The zero-order chi connectivity index (χ0) is 19.3. The molecule has 1 aromatic heterocycles. The van der Waals surface area contributed by atoms with Crippen molar-refractivity contribution in [3.8, 4) is 0 Å². The molecule has 1 aliphatic carbocycles. The van der Waals surface area contributed by atoms with Crippen molar-refractivity contribution in [2.24, 2.45) is 0 Å². The molecular weight excluding hydrogens is 358 g/mol. The van der Waals surface area contributed by atoms with Gasteiger partial charge in [-0.15, -0.1) is 11.3 Å². The van der Waals surface area contributed by atoms with Crippen LogP contribution in [0.2, 0.25) is 0 Å². The van der Waals surface area contributed by atoms with Crippen molar-refractivity contribution in [2.75, 3.05) is 18.0 Å². The Morgan fingerprint density at radius 2 is 2.15 bits per heavy atom. The molecule has 5 heteroatoms. The van der Waals surface area contributed by atoms with Gasteiger partial charge in [-0.3, -0.25) is 0 Å². The Bertz CT molecular complexity index is 759. The lowest BCUT2D eigenvalue weighted by molar-refractivity contribution is -0.0365. The fourth-order valence-corrected chi connectivity index (χ4v) is 4.85. The molecule has 1 atom stereocenters. The number of ether oxygens (including phenoxy) is 1. The molecule has 27 heavy (non-hydrogen) atoms. The van der Waals surface area contributed by atoms with Gasteiger partial charge < -0.3 is 14.7 Å². The van der Waals surface area contributed by atoms with Crippen LogP contribution in [0.5, 0.6) is 0 Å². The van der Waals surface area contributed by atoms with Crippen molar-refractivity contribution in [1.82, 2.24) is 0 Å². The summed E-state index contributed by atoms with van der Waals surface area (Å²) in [6.07, 6.45) is 4.30. The van der Waals surface area contributed by atoms with Gasteiger partial charge in [0, 0.05) is 29.2 Å². The second kappa shape index (κ2) is 8.79. The van der Waals surface area contributed by atoms with E-state index in [9.17, 15) is 9.90 Å². The van der Waals surface area contributed by atoms with Crippen molar-refractivity contribution < 1.29 is 14.6 Å². The van der Waals surface area contributed by atoms with Crippen LogP contribution < -0.4 is 4.90 Å². The van der Waals surface area contributed by atoms with Crippen LogP contribution in [0.1, 0.15) is 55.5 Å². The molecule has 0 saturated carbocycles. The van der Waals surface area contributed by atoms with E-state index < -0.39 is 11.8 Å². The average Bonchev–Trinajstić information content (AvgIpc) is 3.18. The van der Waals surface area contributed by atoms with Crippen molar-refractivity contribution in [3.63, 3.8) is 0 Å². The number of benzene rings is 1. The first-order valence-corrected chi connectivity index (χ1v) is 10.8. The predicted molar refractivity (Wildman–Crippen MR) is 111 cm³/mol. The van der Waals surface area contributed by atoms with Crippen LogP contribution in [0, 0.1) is 0 Å². The number of rotatable bonds is 8. The van der Waals surface area contributed by atoms with E-state index in [1.165, 1.54) is 16.1 Å². The van der Waals surface area contributed by atoms with Crippen molar-refractivity contribution in [1.29, 1.82) is 0 Å². The lowest BCUT2D eigenvalue weighted by Crippen LogP contribution is -2.36. The number of nitrogens with zero attached hydrogens (tertiary/aromatic N) is 1. The molecule has 3 rings (SSSR count). The van der Waals surface area contributed by atoms with E-state index in [2.05, 4.69) is 47.5 Å². The third kappa shape index (κ3) is 4.46. The minimum absolute atomic E-state index is 0.665. The summed E-state index contributed by atoms with van der Waals surface area (Å²) < 4.78 is 5.47. The number of anilines is 1. The van der Waals surface area contributed by atoms with Crippen molar-refractivity contribution >= 4 is 23.2 Å². The number of thiophene rings is 1. The highest BCUT2D eigenvalue weighted by Gasteiger charge is 2.39. The van der Waals surface area contributed by atoms with Gasteiger partial charge in [-0.1, -0.05) is 26.0 Å². The van der Waals surface area contributed by atoms with Gasteiger partial charge in [0.25, 0.3) is 0 Å². The minimum atomic E-state index is -1.18. The highest BCUT2D eigenvalue weighted by Crippen LogP contribution is 2.42. The molecular formula is C22H29NO3S. The largest absolute Gasteiger partial charge is 0.506 e. The van der Waals surface area contributed by atoms with Gasteiger partial charge in [0.15, 0.2) is 0 Å². The number of carboxylic acid groups (broad SMARTS) is 1. The Morgan fingerprint density at radius 1 is 1.30 bits per heavy atom. The summed E-state index contributed by atoms with van der Waals surface area (Å²) in [5, 5.41) is 11.4. The summed E-state index contributed by atoms with van der Waals surface area (Å²) >= 11 is 1.80. The standard InChI is InChI=1S/C22H29NO3S/c1-3-13-23(14-11-19-8-6-15-27-19)18-10-9-17-7-5-12-22(4-2,20(17)16-18)26-21(24)25/h6,8-10,15-16H,3-5,7,11-14H2,1-2H3,(H,24,25). The minimum Gasteiger partial charge on any atom is -0.450 e. The summed E-state index contributed by atoms with van der Waals surface area (Å²) in [5.41, 5.74) is 2.75. The van der Waals surface area contributed by atoms with E-state index in [4.69, 9.17) is 4.74 Å². The molecule has 2 aromatic rings. The lowest BCUT2D eigenvalue weighted by Gasteiger charge is -2.38. The van der Waals surface area contributed by atoms with Crippen LogP contribution in [-0.2, 0) is 23.2 Å². The SMILES string of the molecule is CCCN(CCc1cccs1)c1ccc2c(c1)C(CC)(OC(=O)O)CCC2. The Labute approximate surface area is 165 Å². The van der Waals surface area contributed by atoms with E-state index in [1.807, 2.05) is 6.92 Å². The Balaban J connectivity index is 1.90. The van der Waals surface area contributed by atoms with Gasteiger partial charge in [-0.25, -0.2) is 4.79 Å². The zero-order valence-corrected chi connectivity index (χ0v) is 17.1. The zero-order valence-electron chi connectivity index (χ0n) is 16.2. The first-order chi connectivity index (χ1) is 13.1. The maximum absolute atomic E-state index is 11.4. The molecule has 0 amide bonds. The molecule has 0 saturated heterocycles. The van der Waals surface area contributed by atoms with Crippen molar-refractivity contribution in [2.45, 2.75) is 58.0 Å². The van der Waals surface area contributed by atoms with E-state index >= 15 is 0 Å². The van der Waals surface area contributed by atoms with Crippen LogP contribution in [0.15, 0.2) is 35.7 Å². The summed E-state index contributed by atoms with van der Waals surface area (Å²) in [6.45, 7) is 6.17. The van der Waals surface area contributed by atoms with E-state index in [1.54, 1.807) is 11.3 Å². The molecule has 0 radical (unpaired) electrons. The summed E-state index contributed by atoms with van der Waals surface area (Å²) in [4.78, 5) is 15.2. The van der Waals surface area contributed by atoms with Gasteiger partial charge in [0.05, 0.1) is 0 Å². The van der Waals surface area contributed by atoms with Gasteiger partial charge in [0.1, 0.15) is 5.60 Å². The topological polar surface area (TPSA) is 49.8 Å². The Morgan fingerprint density at radius 3 is 2.81 bits per heavy atom. The van der Waals surface area contributed by atoms with Crippen LogP contribution >= 0.6 is 11.3 Å². The average molecular weight is 388 g/mol. The first-order valence-electron chi connectivity index (χ1n) is 9.90. The maximum atomic E-state index is 11.4. The molecule has 1 heterocycles. The highest BCUT2D eigenvalue weighted by atomic mass is 32.1. The number of aryl methyl sites for hydroxylation is 1. The molecule has 146 valence electrons. The Kier molecular flexibility index (Phi) is 6.42. The molecule has 1 aromatic carbocycles. The smallest absolute Gasteiger partial charge is 0.450 e. The monoisotopic (exact) mass is 387 g/mol. The van der Waals surface area contributed by atoms with Crippen LogP contribution in [-0.4, -0.2) is 24.4 Å². The number of hydrogen-bond donors (Lipinski definition) is 1. The van der Waals surface area contributed by atoms with Crippen LogP contribution in [0.3, 0.4) is 0 Å². The highest BCUT2D eigenvalue weighted by molar-refractivity contribution is 7.09. The fraction of sp³-hybridized carbons (Fsp3) is 0.500. The number of carbonyl (C=O) groups is 1. The lowest BCUT2D eigenvalue weighted by atomic mass is 9.77. The van der Waals surface area contributed by atoms with E-state index in [0.29, 0.717) is 6.42 Å². The number of hydrogen-bond acceptors (Lipinski definition) is 4. The molecule has 4 nitrogen and oxygen atoms in total. The van der Waals surface area contributed by atoms with Gasteiger partial charge in [-0.05, 0) is 67.7 Å². The third-order valence-corrected chi connectivity index (χ3v) is 6.47. The summed E-state index contributed by atoms with van der Waals surface area (Å²) in [5.74, 6) is 0. The molecule has 1 N–H and O–H groups in total. The number of fused-ring (bicyclic) bond motifs is 1. The summed E-state index contributed by atoms with van der Waals surface area (Å²) in [6, 6.07) is 10.8. The predicted octanol–water partition coefficient (Wildman–Crippen LogP) is 5.84. The molecule has 0 fully saturated rings. The molecule has 0 bridgehead atoms. The quantitative estimate of drug-likeness (QED) is 0.578. The van der Waals surface area contributed by atoms with Gasteiger partial charge >= 0.3 is 6.16 Å². The normalized spacial score (nSPS) is 18.7. The molecule has 0 aliphatic heterocycles. The second-order valence-corrected chi connectivity index (χ2v) is 8.26. The van der Waals surface area contributed by atoms with Crippen LogP contribution in [0.4, 0.5) is 10.5 Å². The third-order valence-electron chi connectivity index (χ3n) is 5.53. The van der Waals surface area contributed by atoms with Gasteiger partial charge in [-0.2, -0.15) is 0 Å². The van der Waals surface area contributed by atoms with E-state index in [-0.39, 0.29) is 0 Å². The second-order valence-electron chi connectivity index (χ2n) is 7.23. The molecule has 0 spiro atoms.